The van der Waals surface area contributed by atoms with Crippen molar-refractivity contribution >= 4 is 12.0 Å². The quantitative estimate of drug-likeness (QED) is 0.677. The molecule has 0 aliphatic heterocycles. The molecule has 1 rings (SSSR count). The van der Waals surface area contributed by atoms with Crippen molar-refractivity contribution in [3.8, 4) is 0 Å². The summed E-state index contributed by atoms with van der Waals surface area (Å²) in [6.07, 6.45) is 1.18. The van der Waals surface area contributed by atoms with Crippen LogP contribution in [0, 0.1) is 5.41 Å². The highest BCUT2D eigenvalue weighted by Gasteiger charge is 2.11. The first-order valence-corrected chi connectivity index (χ1v) is 3.81. The highest BCUT2D eigenvalue weighted by Crippen LogP contribution is 2.13. The van der Waals surface area contributed by atoms with Crippen molar-refractivity contribution in [1.82, 2.24) is 0 Å². The predicted molar refractivity (Wildman–Crippen MR) is 48.6 cm³/mol. The summed E-state index contributed by atoms with van der Waals surface area (Å²) in [7, 11) is 0. The summed E-state index contributed by atoms with van der Waals surface area (Å²) >= 11 is 0. The molecule has 2 heteroatoms. The van der Waals surface area contributed by atoms with Gasteiger partial charge in [0.25, 0.3) is 0 Å². The van der Waals surface area contributed by atoms with Gasteiger partial charge in [0.15, 0.2) is 0 Å². The predicted octanol–water partition coefficient (Wildman–Crippen LogP) is 2.01. The fourth-order valence-electron chi connectivity index (χ4n) is 1.11. The Morgan fingerprint density at radius 2 is 2.00 bits per heavy atom. The fraction of sp³-hybridized carbons (Fsp3) is 0.200. The van der Waals surface area contributed by atoms with Gasteiger partial charge >= 0.3 is 0 Å². The molecule has 0 radical (unpaired) electrons. The Morgan fingerprint density at radius 3 is 2.42 bits per heavy atom. The summed E-state index contributed by atoms with van der Waals surface area (Å²) in [6.45, 7) is 1.50. The number of benzene rings is 1. The Labute approximate surface area is 71.7 Å². The van der Waals surface area contributed by atoms with E-state index >= 15 is 0 Å². The maximum Gasteiger partial charge on any atom is 0.142 e. The summed E-state index contributed by atoms with van der Waals surface area (Å²) in [6, 6.07) is 9.35. The van der Waals surface area contributed by atoms with E-state index in [0.717, 1.165) is 5.56 Å². The van der Waals surface area contributed by atoms with Crippen molar-refractivity contribution in [3.63, 3.8) is 0 Å². The first-order chi connectivity index (χ1) is 5.75. The van der Waals surface area contributed by atoms with E-state index in [2.05, 4.69) is 0 Å². The molecular formula is C10H11NO. The van der Waals surface area contributed by atoms with Crippen LogP contribution in [0.5, 0.6) is 0 Å². The van der Waals surface area contributed by atoms with Gasteiger partial charge in [0.05, 0.1) is 5.92 Å². The Morgan fingerprint density at radius 1 is 1.42 bits per heavy atom. The van der Waals surface area contributed by atoms with Crippen molar-refractivity contribution in [3.05, 3.63) is 35.9 Å². The van der Waals surface area contributed by atoms with E-state index in [4.69, 9.17) is 5.41 Å². The van der Waals surface area contributed by atoms with Gasteiger partial charge in [0.1, 0.15) is 5.78 Å². The number of ketones is 1. The first-order valence-electron chi connectivity index (χ1n) is 3.81. The molecule has 1 aromatic rings. The maximum atomic E-state index is 11.0. The monoisotopic (exact) mass is 161 g/mol. The van der Waals surface area contributed by atoms with Gasteiger partial charge in [-0.25, -0.2) is 0 Å². The molecule has 2 nitrogen and oxygen atoms in total. The fourth-order valence-corrected chi connectivity index (χ4v) is 1.11. The lowest BCUT2D eigenvalue weighted by Gasteiger charge is -2.06. The van der Waals surface area contributed by atoms with E-state index in [1.807, 2.05) is 30.3 Å². The lowest BCUT2D eigenvalue weighted by Crippen LogP contribution is -2.09. The standard InChI is InChI=1S/C10H11NO/c1-8(12)10(7-11)9-5-3-2-4-6-9/h2-7,10-11H,1H3/t10-/m1/s1. The number of carbonyl (C=O) groups is 1. The normalized spacial score (nSPS) is 12.1. The SMILES string of the molecule is CC(=O)[C@@H](C=N)c1ccccc1. The molecule has 0 heterocycles. The van der Waals surface area contributed by atoms with Crippen molar-refractivity contribution in [2.75, 3.05) is 0 Å². The number of carbonyl (C=O) groups excluding carboxylic acids is 1. The van der Waals surface area contributed by atoms with Gasteiger partial charge in [-0.05, 0) is 12.5 Å². The highest BCUT2D eigenvalue weighted by molar-refractivity contribution is 5.98. The Balaban J connectivity index is 2.95. The molecule has 12 heavy (non-hydrogen) atoms. The lowest BCUT2D eigenvalue weighted by molar-refractivity contribution is -0.116. The molecular weight excluding hydrogens is 150 g/mol. The molecule has 0 spiro atoms. The summed E-state index contributed by atoms with van der Waals surface area (Å²) < 4.78 is 0. The average Bonchev–Trinajstić information content (AvgIpc) is 2.07. The van der Waals surface area contributed by atoms with Gasteiger partial charge in [-0.3, -0.25) is 4.79 Å². The molecule has 0 aromatic heterocycles. The molecule has 1 atom stereocenters. The van der Waals surface area contributed by atoms with E-state index in [9.17, 15) is 4.79 Å². The van der Waals surface area contributed by atoms with Gasteiger partial charge in [0, 0.05) is 6.21 Å². The van der Waals surface area contributed by atoms with Crippen LogP contribution in [0.25, 0.3) is 0 Å². The molecule has 0 bridgehead atoms. The molecule has 0 unspecified atom stereocenters. The molecule has 62 valence electrons. The van der Waals surface area contributed by atoms with Gasteiger partial charge in [0.2, 0.25) is 0 Å². The van der Waals surface area contributed by atoms with Crippen molar-refractivity contribution < 1.29 is 4.79 Å². The largest absolute Gasteiger partial charge is 0.312 e. The Kier molecular flexibility index (Phi) is 2.75. The summed E-state index contributed by atoms with van der Waals surface area (Å²) in [5.74, 6) is -0.359. The van der Waals surface area contributed by atoms with Crippen molar-refractivity contribution in [2.24, 2.45) is 0 Å². The number of Topliss-reactive ketones (excluding diaryl/α,β-unsaturated/α-hetero) is 1. The average molecular weight is 161 g/mol. The third-order valence-electron chi connectivity index (χ3n) is 1.76. The molecule has 1 aromatic carbocycles. The second-order valence-electron chi connectivity index (χ2n) is 2.67. The van der Waals surface area contributed by atoms with Crippen LogP contribution in [0.2, 0.25) is 0 Å². The van der Waals surface area contributed by atoms with E-state index < -0.39 is 0 Å². The van der Waals surface area contributed by atoms with Crippen LogP contribution in [-0.2, 0) is 4.79 Å². The number of rotatable bonds is 3. The number of hydrogen-bond acceptors (Lipinski definition) is 2. The van der Waals surface area contributed by atoms with Crippen LogP contribution in [0.15, 0.2) is 30.3 Å². The van der Waals surface area contributed by atoms with Crippen LogP contribution in [0.1, 0.15) is 18.4 Å². The molecule has 0 saturated carbocycles. The summed E-state index contributed by atoms with van der Waals surface area (Å²) in [5.41, 5.74) is 0.889. The van der Waals surface area contributed by atoms with Crippen LogP contribution < -0.4 is 0 Å². The van der Waals surface area contributed by atoms with Gasteiger partial charge in [-0.15, -0.1) is 0 Å². The first kappa shape index (κ1) is 8.65. The van der Waals surface area contributed by atoms with Crippen molar-refractivity contribution in [2.45, 2.75) is 12.8 Å². The van der Waals surface area contributed by atoms with Gasteiger partial charge in [-0.1, -0.05) is 30.3 Å². The Bertz CT molecular complexity index is 279. The summed E-state index contributed by atoms with van der Waals surface area (Å²) in [5, 5.41) is 7.08. The van der Waals surface area contributed by atoms with E-state index in [-0.39, 0.29) is 11.7 Å². The van der Waals surface area contributed by atoms with Crippen LogP contribution in [-0.4, -0.2) is 12.0 Å². The molecule has 0 saturated heterocycles. The zero-order chi connectivity index (χ0) is 8.97. The van der Waals surface area contributed by atoms with Crippen LogP contribution in [0.3, 0.4) is 0 Å². The zero-order valence-corrected chi connectivity index (χ0v) is 6.95. The smallest absolute Gasteiger partial charge is 0.142 e. The van der Waals surface area contributed by atoms with Crippen molar-refractivity contribution in [1.29, 1.82) is 5.41 Å². The van der Waals surface area contributed by atoms with Gasteiger partial charge in [-0.2, -0.15) is 0 Å². The highest BCUT2D eigenvalue weighted by atomic mass is 16.1. The third kappa shape index (κ3) is 1.78. The lowest BCUT2D eigenvalue weighted by atomic mass is 9.97. The minimum atomic E-state index is -0.369. The Hall–Kier alpha value is -1.44. The molecule has 0 amide bonds. The molecule has 0 fully saturated rings. The maximum absolute atomic E-state index is 11.0. The molecule has 1 N–H and O–H groups in total. The van der Waals surface area contributed by atoms with E-state index in [0.29, 0.717) is 0 Å². The van der Waals surface area contributed by atoms with E-state index in [1.54, 1.807) is 0 Å². The van der Waals surface area contributed by atoms with Crippen LogP contribution in [0.4, 0.5) is 0 Å². The third-order valence-corrected chi connectivity index (χ3v) is 1.76. The second kappa shape index (κ2) is 3.81. The van der Waals surface area contributed by atoms with E-state index in [1.165, 1.54) is 13.1 Å². The minimum absolute atomic E-state index is 0.0104. The number of hydrogen-bond donors (Lipinski definition) is 1. The topological polar surface area (TPSA) is 40.9 Å². The number of nitrogens with one attached hydrogen (secondary N) is 1. The van der Waals surface area contributed by atoms with Gasteiger partial charge < -0.3 is 5.41 Å². The molecule has 0 aliphatic carbocycles. The second-order valence-corrected chi connectivity index (χ2v) is 2.67. The minimum Gasteiger partial charge on any atom is -0.312 e. The van der Waals surface area contributed by atoms with Crippen LogP contribution >= 0.6 is 0 Å². The summed E-state index contributed by atoms with van der Waals surface area (Å²) in [4.78, 5) is 11.0. The molecule has 0 aliphatic rings. The zero-order valence-electron chi connectivity index (χ0n) is 6.95.